The summed E-state index contributed by atoms with van der Waals surface area (Å²) >= 11 is 1.79. The molecule has 0 spiro atoms. The quantitative estimate of drug-likeness (QED) is 0.616. The van der Waals surface area contributed by atoms with Crippen LogP contribution in [-0.4, -0.2) is 13.1 Å². The van der Waals surface area contributed by atoms with E-state index in [9.17, 15) is 0 Å². The summed E-state index contributed by atoms with van der Waals surface area (Å²) in [6.07, 6.45) is 5.31. The van der Waals surface area contributed by atoms with E-state index in [-0.39, 0.29) is 6.04 Å². The van der Waals surface area contributed by atoms with E-state index in [1.807, 2.05) is 6.92 Å². The van der Waals surface area contributed by atoms with Crippen LogP contribution in [0.5, 0.6) is 0 Å². The molecule has 0 aliphatic rings. The Kier molecular flexibility index (Phi) is 4.93. The van der Waals surface area contributed by atoms with Gasteiger partial charge in [-0.25, -0.2) is 0 Å². The van der Waals surface area contributed by atoms with Gasteiger partial charge in [0.25, 0.3) is 0 Å². The highest BCUT2D eigenvalue weighted by molar-refractivity contribution is 7.17. The van der Waals surface area contributed by atoms with Gasteiger partial charge >= 0.3 is 0 Å². The predicted molar refractivity (Wildman–Crippen MR) is 81.1 cm³/mol. The van der Waals surface area contributed by atoms with Crippen molar-refractivity contribution in [3.63, 3.8) is 0 Å². The fourth-order valence-corrected chi connectivity index (χ4v) is 3.11. The van der Waals surface area contributed by atoms with Gasteiger partial charge in [0.1, 0.15) is 0 Å². The Hall–Kier alpha value is -1.16. The molecule has 0 saturated heterocycles. The lowest BCUT2D eigenvalue weighted by molar-refractivity contribution is 0.552. The zero-order chi connectivity index (χ0) is 12.8. The molecule has 0 bridgehead atoms. The maximum absolute atomic E-state index is 5.89. The van der Waals surface area contributed by atoms with Crippen LogP contribution < -0.4 is 11.1 Å². The van der Waals surface area contributed by atoms with Crippen LogP contribution in [-0.2, 0) is 0 Å². The molecule has 1 aromatic heterocycles. The molecule has 2 rings (SSSR count). The summed E-state index contributed by atoms with van der Waals surface area (Å²) in [5.41, 5.74) is 7.23. The Labute approximate surface area is 113 Å². The van der Waals surface area contributed by atoms with Crippen molar-refractivity contribution in [2.75, 3.05) is 13.1 Å². The number of benzene rings is 1. The van der Waals surface area contributed by atoms with Crippen LogP contribution in [0.15, 0.2) is 41.8 Å². The van der Waals surface area contributed by atoms with E-state index in [0.29, 0.717) is 6.54 Å². The first-order chi connectivity index (χ1) is 8.86. The number of hydrogen-bond donors (Lipinski definition) is 2. The van der Waals surface area contributed by atoms with Crippen molar-refractivity contribution in [3.8, 4) is 0 Å². The molecule has 1 atom stereocenters. The molecule has 3 heteroatoms. The van der Waals surface area contributed by atoms with Crippen LogP contribution in [0.1, 0.15) is 24.9 Å². The molecule has 0 aliphatic heterocycles. The Bertz CT molecular complexity index is 516. The number of allylic oxidation sites excluding steroid dienone is 1. The summed E-state index contributed by atoms with van der Waals surface area (Å²) in [6.45, 7) is 3.65. The maximum Gasteiger partial charge on any atom is 0.0459 e. The molecular weight excluding hydrogens is 240 g/mol. The summed E-state index contributed by atoms with van der Waals surface area (Å²) in [5, 5.41) is 7.09. The highest BCUT2D eigenvalue weighted by atomic mass is 32.1. The molecule has 18 heavy (non-hydrogen) atoms. The monoisotopic (exact) mass is 260 g/mol. The molecular formula is C15H20N2S. The zero-order valence-electron chi connectivity index (χ0n) is 10.7. The Morgan fingerprint density at radius 3 is 3.00 bits per heavy atom. The van der Waals surface area contributed by atoms with E-state index in [4.69, 9.17) is 5.73 Å². The van der Waals surface area contributed by atoms with Crippen LogP contribution in [0.4, 0.5) is 0 Å². The van der Waals surface area contributed by atoms with E-state index in [1.54, 1.807) is 11.3 Å². The molecule has 0 radical (unpaired) electrons. The Balaban J connectivity index is 2.11. The van der Waals surface area contributed by atoms with Crippen LogP contribution in [0, 0.1) is 0 Å². The van der Waals surface area contributed by atoms with Gasteiger partial charge in [0.2, 0.25) is 0 Å². The SMILES string of the molecule is C/C=C/CCNC(CN)c1csc2ccccc12. The van der Waals surface area contributed by atoms with E-state index in [1.165, 1.54) is 15.6 Å². The standard InChI is InChI=1S/C15H20N2S/c1-2-3-6-9-17-14(10-16)13-11-18-15-8-5-4-7-12(13)15/h2-5,7-8,11,14,17H,6,9-10,16H2,1H3/b3-2+. The summed E-state index contributed by atoms with van der Waals surface area (Å²) in [5.74, 6) is 0. The number of nitrogens with one attached hydrogen (secondary N) is 1. The van der Waals surface area contributed by atoms with Crippen molar-refractivity contribution >= 4 is 21.4 Å². The second-order valence-electron chi connectivity index (χ2n) is 4.29. The Morgan fingerprint density at radius 2 is 2.22 bits per heavy atom. The minimum atomic E-state index is 0.256. The fraction of sp³-hybridized carbons (Fsp3) is 0.333. The largest absolute Gasteiger partial charge is 0.329 e. The molecule has 2 nitrogen and oxygen atoms in total. The van der Waals surface area contributed by atoms with Gasteiger partial charge in [-0.15, -0.1) is 11.3 Å². The molecule has 0 fully saturated rings. The third-order valence-electron chi connectivity index (χ3n) is 3.06. The highest BCUT2D eigenvalue weighted by Crippen LogP contribution is 2.29. The second kappa shape index (κ2) is 6.69. The average Bonchev–Trinajstić information content (AvgIpc) is 2.83. The Morgan fingerprint density at radius 1 is 1.39 bits per heavy atom. The van der Waals surface area contributed by atoms with Crippen molar-refractivity contribution in [2.45, 2.75) is 19.4 Å². The van der Waals surface area contributed by atoms with Gasteiger partial charge in [-0.05, 0) is 42.3 Å². The number of hydrogen-bond acceptors (Lipinski definition) is 3. The molecule has 1 heterocycles. The van der Waals surface area contributed by atoms with Crippen molar-refractivity contribution < 1.29 is 0 Å². The molecule has 0 amide bonds. The number of thiophene rings is 1. The minimum Gasteiger partial charge on any atom is -0.329 e. The predicted octanol–water partition coefficient (Wildman–Crippen LogP) is 3.46. The second-order valence-corrected chi connectivity index (χ2v) is 5.20. The van der Waals surface area contributed by atoms with Gasteiger partial charge in [-0.3, -0.25) is 0 Å². The fourth-order valence-electron chi connectivity index (χ4n) is 2.10. The van der Waals surface area contributed by atoms with E-state index in [0.717, 1.165) is 13.0 Å². The molecule has 2 aromatic rings. The van der Waals surface area contributed by atoms with Gasteiger partial charge in [0.15, 0.2) is 0 Å². The van der Waals surface area contributed by atoms with Gasteiger partial charge in [-0.2, -0.15) is 0 Å². The van der Waals surface area contributed by atoms with Gasteiger partial charge < -0.3 is 11.1 Å². The molecule has 0 saturated carbocycles. The number of nitrogens with two attached hydrogens (primary N) is 1. The van der Waals surface area contributed by atoms with Crippen molar-refractivity contribution in [3.05, 3.63) is 47.4 Å². The van der Waals surface area contributed by atoms with Crippen LogP contribution in [0.25, 0.3) is 10.1 Å². The molecule has 1 aromatic carbocycles. The lowest BCUT2D eigenvalue weighted by atomic mass is 10.1. The molecule has 1 unspecified atom stereocenters. The first kappa shape index (κ1) is 13.3. The summed E-state index contributed by atoms with van der Waals surface area (Å²) in [6, 6.07) is 8.77. The van der Waals surface area contributed by atoms with Crippen molar-refractivity contribution in [1.82, 2.24) is 5.32 Å². The molecule has 96 valence electrons. The lowest BCUT2D eigenvalue weighted by Gasteiger charge is -2.16. The first-order valence-corrected chi connectivity index (χ1v) is 7.25. The first-order valence-electron chi connectivity index (χ1n) is 6.37. The lowest BCUT2D eigenvalue weighted by Crippen LogP contribution is -2.28. The van der Waals surface area contributed by atoms with Crippen LogP contribution in [0.2, 0.25) is 0 Å². The van der Waals surface area contributed by atoms with Crippen molar-refractivity contribution in [1.29, 1.82) is 0 Å². The summed E-state index contributed by atoms with van der Waals surface area (Å²) in [4.78, 5) is 0. The number of rotatable bonds is 6. The molecule has 3 N–H and O–H groups in total. The molecule has 0 aliphatic carbocycles. The smallest absolute Gasteiger partial charge is 0.0459 e. The third kappa shape index (κ3) is 2.99. The third-order valence-corrected chi connectivity index (χ3v) is 4.04. The zero-order valence-corrected chi connectivity index (χ0v) is 11.5. The summed E-state index contributed by atoms with van der Waals surface area (Å²) < 4.78 is 1.33. The summed E-state index contributed by atoms with van der Waals surface area (Å²) in [7, 11) is 0. The van der Waals surface area contributed by atoms with Gasteiger partial charge in [0.05, 0.1) is 0 Å². The van der Waals surface area contributed by atoms with Gasteiger partial charge in [0, 0.05) is 17.3 Å². The average molecular weight is 260 g/mol. The van der Waals surface area contributed by atoms with Crippen LogP contribution >= 0.6 is 11.3 Å². The van der Waals surface area contributed by atoms with Crippen molar-refractivity contribution in [2.24, 2.45) is 5.73 Å². The highest BCUT2D eigenvalue weighted by Gasteiger charge is 2.13. The van der Waals surface area contributed by atoms with E-state index in [2.05, 4.69) is 47.1 Å². The normalized spacial score (nSPS) is 13.4. The topological polar surface area (TPSA) is 38.0 Å². The van der Waals surface area contributed by atoms with E-state index < -0.39 is 0 Å². The minimum absolute atomic E-state index is 0.256. The number of fused-ring (bicyclic) bond motifs is 1. The van der Waals surface area contributed by atoms with Gasteiger partial charge in [-0.1, -0.05) is 30.4 Å². The van der Waals surface area contributed by atoms with E-state index >= 15 is 0 Å². The maximum atomic E-state index is 5.89. The van der Waals surface area contributed by atoms with Crippen LogP contribution in [0.3, 0.4) is 0 Å².